The van der Waals surface area contributed by atoms with Gasteiger partial charge in [-0.25, -0.2) is 4.79 Å². The smallest absolute Gasteiger partial charge is 0.329 e. The molecule has 0 aromatic carbocycles. The van der Waals surface area contributed by atoms with Crippen molar-refractivity contribution in [1.82, 2.24) is 4.90 Å². The molecule has 3 heterocycles. The Balaban J connectivity index is 1.76. The lowest BCUT2D eigenvalue weighted by Gasteiger charge is -2.47. The molecule has 0 aromatic heterocycles. The molecule has 13 heteroatoms. The van der Waals surface area contributed by atoms with E-state index in [9.17, 15) is 39.6 Å². The van der Waals surface area contributed by atoms with Crippen molar-refractivity contribution in [2.75, 3.05) is 20.8 Å². The van der Waals surface area contributed by atoms with Crippen LogP contribution in [0.2, 0.25) is 0 Å². The second kappa shape index (κ2) is 19.8. The molecule has 312 valence electrons. The first-order valence-electron chi connectivity index (χ1n) is 20.4. The Morgan fingerprint density at radius 1 is 0.927 bits per heavy atom. The molecule has 3 fully saturated rings. The van der Waals surface area contributed by atoms with Crippen molar-refractivity contribution in [3.63, 3.8) is 0 Å². The molecule has 2 bridgehead atoms. The minimum atomic E-state index is -2.51. The number of aliphatic hydroxyl groups excluding tert-OH is 3. The highest BCUT2D eigenvalue weighted by molar-refractivity contribution is 6.39. The monoisotopic (exact) mass is 777 g/mol. The number of fused-ring (bicyclic) bond motifs is 3. The summed E-state index contributed by atoms with van der Waals surface area (Å²) in [5.74, 6) is -7.77. The lowest BCUT2D eigenvalue weighted by atomic mass is 9.81. The lowest BCUT2D eigenvalue weighted by Crippen LogP contribution is -2.64. The summed E-state index contributed by atoms with van der Waals surface area (Å²) in [6.07, 6.45) is 2.16. The standard InChI is InChI=1S/C42H67NO12/c1-9-29-17-23(2)16-24(3)18-35(52-7)38-36(53-8)20-26(5)42(51,55-38)39(48)40(49)43-15-11-10-12-30(43)41(50)54-37(27(6)32(45)22-33(29)46)25(4)19-28-13-14-31(44)34(47)21-28/h17,19,24,26-32,34-38,44-45,47,51H,9-16,18,20-22H2,1-8H3/b23-17+,25-19+/t24-,26+,27+,28?,29+,30-,31+,32-,34+,35?,36-,37+,38+,42+/m0/s1. The van der Waals surface area contributed by atoms with Gasteiger partial charge in [0, 0.05) is 44.9 Å². The van der Waals surface area contributed by atoms with Gasteiger partial charge >= 0.3 is 5.97 Å². The molecule has 2 unspecified atom stereocenters. The quantitative estimate of drug-likeness (QED) is 0.180. The SMILES string of the molecule is CC[C@@H]1/C=C(\C)C[C@H](C)CC(OC)[C@H]2O[C@@](O)(C(=O)C(=O)N3CCCC[C@H]3C(=O)O[C@H](/C(C)=C/C3CC[C@@H](O)[C@H](O)C3)[C@H](C)[C@@H](O)CC1=O)[C@H](C)C[C@@H]2OC. The van der Waals surface area contributed by atoms with Crippen LogP contribution >= 0.6 is 0 Å². The summed E-state index contributed by atoms with van der Waals surface area (Å²) >= 11 is 0. The molecule has 0 radical (unpaired) electrons. The summed E-state index contributed by atoms with van der Waals surface area (Å²) in [5, 5.41) is 44.0. The molecule has 0 aromatic rings. The average molecular weight is 778 g/mol. The number of hydrogen-bond donors (Lipinski definition) is 4. The molecule has 1 saturated carbocycles. The number of amides is 1. The third-order valence-corrected chi connectivity index (χ3v) is 12.6. The fourth-order valence-electron chi connectivity index (χ4n) is 9.16. The van der Waals surface area contributed by atoms with Crippen LogP contribution in [0.5, 0.6) is 0 Å². The van der Waals surface area contributed by atoms with Gasteiger partial charge in [0.1, 0.15) is 24.0 Å². The number of piperidine rings is 1. The highest BCUT2D eigenvalue weighted by atomic mass is 16.7. The summed E-state index contributed by atoms with van der Waals surface area (Å²) in [4.78, 5) is 57.4. The van der Waals surface area contributed by atoms with Gasteiger partial charge in [0.15, 0.2) is 0 Å². The van der Waals surface area contributed by atoms with E-state index in [1.807, 2.05) is 32.9 Å². The van der Waals surface area contributed by atoms with E-state index in [0.717, 1.165) is 10.5 Å². The van der Waals surface area contributed by atoms with Crippen molar-refractivity contribution in [2.24, 2.45) is 29.6 Å². The first-order valence-corrected chi connectivity index (χ1v) is 20.4. The first-order chi connectivity index (χ1) is 25.9. The maximum Gasteiger partial charge on any atom is 0.329 e. The first kappa shape index (κ1) is 45.2. The number of methoxy groups -OCH3 is 2. The number of carbonyl (C=O) groups is 4. The number of ether oxygens (including phenoxy) is 4. The van der Waals surface area contributed by atoms with Crippen molar-refractivity contribution in [3.05, 3.63) is 23.3 Å². The zero-order valence-electron chi connectivity index (χ0n) is 34.1. The maximum atomic E-state index is 14.2. The topological polar surface area (TPSA) is 189 Å². The number of cyclic esters (lactones) is 1. The molecule has 4 rings (SSSR count). The summed E-state index contributed by atoms with van der Waals surface area (Å²) in [5.41, 5.74) is 1.59. The van der Waals surface area contributed by atoms with Crippen LogP contribution in [0.15, 0.2) is 23.3 Å². The van der Waals surface area contributed by atoms with Gasteiger partial charge in [0.2, 0.25) is 5.79 Å². The number of allylic oxidation sites excluding steroid dienone is 3. The van der Waals surface area contributed by atoms with Crippen molar-refractivity contribution < 1.29 is 58.6 Å². The van der Waals surface area contributed by atoms with E-state index in [2.05, 4.69) is 0 Å². The van der Waals surface area contributed by atoms with Gasteiger partial charge in [-0.15, -0.1) is 0 Å². The molecule has 4 N–H and O–H groups in total. The third kappa shape index (κ3) is 10.7. The summed E-state index contributed by atoms with van der Waals surface area (Å²) < 4.78 is 24.1. The zero-order valence-corrected chi connectivity index (χ0v) is 34.1. The van der Waals surface area contributed by atoms with Gasteiger partial charge in [-0.05, 0) is 95.5 Å². The van der Waals surface area contributed by atoms with Crippen LogP contribution in [-0.4, -0.2) is 124 Å². The van der Waals surface area contributed by atoms with Crippen LogP contribution < -0.4 is 0 Å². The van der Waals surface area contributed by atoms with E-state index in [-0.39, 0.29) is 43.4 Å². The number of aliphatic hydroxyl groups is 4. The fourth-order valence-corrected chi connectivity index (χ4v) is 9.16. The Labute approximate surface area is 326 Å². The molecule has 1 amide bonds. The van der Waals surface area contributed by atoms with Crippen LogP contribution in [0, 0.1) is 29.6 Å². The summed E-state index contributed by atoms with van der Waals surface area (Å²) in [6.45, 7) is 11.1. The Hall–Kier alpha value is -2.52. The van der Waals surface area contributed by atoms with E-state index < -0.39 is 90.0 Å². The highest BCUT2D eigenvalue weighted by Crippen LogP contribution is 2.39. The lowest BCUT2D eigenvalue weighted by molar-refractivity contribution is -0.302. The van der Waals surface area contributed by atoms with E-state index in [4.69, 9.17) is 18.9 Å². The van der Waals surface area contributed by atoms with Gasteiger partial charge in [0.25, 0.3) is 11.7 Å². The number of rotatable bonds is 5. The minimum Gasteiger partial charge on any atom is -0.456 e. The predicted octanol–water partition coefficient (Wildman–Crippen LogP) is 3.82. The Kier molecular flexibility index (Phi) is 16.2. The number of Topliss-reactive ketones (excluding diaryl/α,β-unsaturated/α-hetero) is 2. The van der Waals surface area contributed by atoms with E-state index in [0.29, 0.717) is 56.9 Å². The number of carbonyl (C=O) groups excluding carboxylic acids is 4. The molecular formula is C42H67NO12. The van der Waals surface area contributed by atoms with E-state index >= 15 is 0 Å². The van der Waals surface area contributed by atoms with E-state index in [1.54, 1.807) is 20.8 Å². The van der Waals surface area contributed by atoms with Crippen molar-refractivity contribution in [2.45, 2.75) is 167 Å². The van der Waals surface area contributed by atoms with Crippen molar-refractivity contribution >= 4 is 23.4 Å². The molecule has 0 spiro atoms. The number of esters is 1. The van der Waals surface area contributed by atoms with E-state index in [1.165, 1.54) is 14.2 Å². The van der Waals surface area contributed by atoms with Gasteiger partial charge in [0.05, 0.1) is 30.5 Å². The van der Waals surface area contributed by atoms with Crippen LogP contribution in [0.1, 0.15) is 112 Å². The number of ketones is 2. The third-order valence-electron chi connectivity index (χ3n) is 12.6. The second-order valence-electron chi connectivity index (χ2n) is 16.9. The Morgan fingerprint density at radius 3 is 2.24 bits per heavy atom. The molecule has 2 saturated heterocycles. The molecule has 14 atom stereocenters. The largest absolute Gasteiger partial charge is 0.456 e. The molecule has 55 heavy (non-hydrogen) atoms. The predicted molar refractivity (Wildman–Crippen MR) is 203 cm³/mol. The van der Waals surface area contributed by atoms with Gasteiger partial charge in [-0.3, -0.25) is 14.4 Å². The summed E-state index contributed by atoms with van der Waals surface area (Å²) in [6, 6.07) is -1.15. The van der Waals surface area contributed by atoms with Crippen LogP contribution in [0.4, 0.5) is 0 Å². The van der Waals surface area contributed by atoms with Crippen molar-refractivity contribution in [1.29, 1.82) is 0 Å². The van der Waals surface area contributed by atoms with Crippen LogP contribution in [-0.2, 0) is 38.1 Å². The molecule has 1 aliphatic carbocycles. The fraction of sp³-hybridized carbons (Fsp3) is 0.810. The van der Waals surface area contributed by atoms with Crippen LogP contribution in [0.25, 0.3) is 0 Å². The zero-order chi connectivity index (χ0) is 40.8. The highest BCUT2D eigenvalue weighted by Gasteiger charge is 2.56. The second-order valence-corrected chi connectivity index (χ2v) is 16.9. The van der Waals surface area contributed by atoms with Crippen molar-refractivity contribution in [3.8, 4) is 0 Å². The molecule has 3 aliphatic heterocycles. The molecular weight excluding hydrogens is 710 g/mol. The van der Waals surface area contributed by atoms with Gasteiger partial charge < -0.3 is 44.3 Å². The normalized spacial score (nSPS) is 42.1. The van der Waals surface area contributed by atoms with Crippen LogP contribution in [0.3, 0.4) is 0 Å². The Bertz CT molecular complexity index is 1410. The Morgan fingerprint density at radius 2 is 1.60 bits per heavy atom. The maximum absolute atomic E-state index is 14.2. The molecule has 13 nitrogen and oxygen atoms in total. The molecule has 4 aliphatic rings. The number of hydrogen-bond acceptors (Lipinski definition) is 12. The average Bonchev–Trinajstić information content (AvgIpc) is 3.15. The van der Waals surface area contributed by atoms with Gasteiger partial charge in [-0.2, -0.15) is 0 Å². The minimum absolute atomic E-state index is 0.0285. The number of nitrogens with zero attached hydrogens (tertiary/aromatic N) is 1. The van der Waals surface area contributed by atoms with Gasteiger partial charge in [-0.1, -0.05) is 45.4 Å². The summed E-state index contributed by atoms with van der Waals surface area (Å²) in [7, 11) is 3.05.